The molecule has 6 amide bonds. The molecule has 0 saturated heterocycles. The first-order valence-corrected chi connectivity index (χ1v) is 23.1. The summed E-state index contributed by atoms with van der Waals surface area (Å²) < 4.78 is 16.5. The number of benzene rings is 2. The van der Waals surface area contributed by atoms with Crippen LogP contribution in [0.1, 0.15) is 137 Å². The van der Waals surface area contributed by atoms with E-state index in [1.807, 2.05) is 38.1 Å². The summed E-state index contributed by atoms with van der Waals surface area (Å²) in [7, 11) is 0. The summed E-state index contributed by atoms with van der Waals surface area (Å²) in [6, 6.07) is 10.2. The molecule has 2 rings (SSSR count). The van der Waals surface area contributed by atoms with Gasteiger partial charge in [-0.25, -0.2) is 14.4 Å². The summed E-state index contributed by atoms with van der Waals surface area (Å²) in [5.41, 5.74) is 2.05. The summed E-state index contributed by atoms with van der Waals surface area (Å²) >= 11 is 0. The van der Waals surface area contributed by atoms with Gasteiger partial charge in [0.15, 0.2) is 0 Å². The molecule has 66 heavy (non-hydrogen) atoms. The number of amides is 6. The number of carboxylic acids is 1. The average Bonchev–Trinajstić information content (AvgIpc) is 3.23. The van der Waals surface area contributed by atoms with Gasteiger partial charge in [0.05, 0.1) is 6.10 Å². The van der Waals surface area contributed by atoms with Gasteiger partial charge in [0, 0.05) is 25.3 Å². The minimum Gasteiger partial charge on any atom is -0.480 e. The molecule has 0 heterocycles. The molecule has 5 atom stereocenters. The number of aliphatic carboxylic acids is 1. The Balaban J connectivity index is 2.23. The fourth-order valence-corrected chi connectivity index (χ4v) is 6.37. The van der Waals surface area contributed by atoms with Crippen LogP contribution in [0.5, 0.6) is 0 Å². The molecule has 17 heteroatoms. The van der Waals surface area contributed by atoms with Crippen molar-refractivity contribution in [2.75, 3.05) is 19.7 Å². The SMILES string of the molecule is CCCCc1ccc(-c2ccc(C(=O)N[C@@H](CCCNC(=O)OC(C)(C)C)C(=O)N[C@H](C(=O)N[C@@H](C)C(=O)N[C@@H](CCCCNC(=O)OC(C)(C)C)C(=O)O)[C@@H](C)OCC(C)C)cc2)cc1. The van der Waals surface area contributed by atoms with E-state index in [1.54, 1.807) is 60.6 Å². The summed E-state index contributed by atoms with van der Waals surface area (Å²) in [6.45, 7) is 19.9. The van der Waals surface area contributed by atoms with E-state index in [9.17, 15) is 38.7 Å². The lowest BCUT2D eigenvalue weighted by Gasteiger charge is -2.29. The van der Waals surface area contributed by atoms with Gasteiger partial charge in [-0.05, 0) is 135 Å². The lowest BCUT2D eigenvalue weighted by atomic mass is 10.0. The van der Waals surface area contributed by atoms with Gasteiger partial charge >= 0.3 is 18.2 Å². The third kappa shape index (κ3) is 22.5. The van der Waals surface area contributed by atoms with Gasteiger partial charge < -0.3 is 51.2 Å². The molecule has 0 radical (unpaired) electrons. The van der Waals surface area contributed by atoms with Crippen molar-refractivity contribution in [1.82, 2.24) is 31.9 Å². The number of hydrogen-bond acceptors (Lipinski definition) is 10. The van der Waals surface area contributed by atoms with E-state index < -0.39 is 83.3 Å². The van der Waals surface area contributed by atoms with Crippen LogP contribution in [0.15, 0.2) is 48.5 Å². The normalized spacial score (nSPS) is 13.8. The van der Waals surface area contributed by atoms with Crippen LogP contribution >= 0.6 is 0 Å². The third-order valence-electron chi connectivity index (χ3n) is 9.91. The third-order valence-corrected chi connectivity index (χ3v) is 9.91. The predicted octanol–water partition coefficient (Wildman–Crippen LogP) is 6.41. The molecule has 7 N–H and O–H groups in total. The maximum Gasteiger partial charge on any atom is 0.407 e. The van der Waals surface area contributed by atoms with Gasteiger partial charge in [-0.1, -0.05) is 63.6 Å². The van der Waals surface area contributed by atoms with Crippen molar-refractivity contribution in [3.63, 3.8) is 0 Å². The minimum absolute atomic E-state index is 0.0496. The van der Waals surface area contributed by atoms with Gasteiger partial charge in [0.2, 0.25) is 17.7 Å². The van der Waals surface area contributed by atoms with Crippen molar-refractivity contribution in [2.24, 2.45) is 5.92 Å². The number of alkyl carbamates (subject to hydrolysis) is 2. The number of carboxylic acid groups (broad SMARTS) is 1. The molecular weight excluding hydrogens is 849 g/mol. The Morgan fingerprint density at radius 1 is 0.606 bits per heavy atom. The Labute approximate surface area is 391 Å². The van der Waals surface area contributed by atoms with E-state index in [-0.39, 0.29) is 44.9 Å². The minimum atomic E-state index is -1.36. The van der Waals surface area contributed by atoms with Gasteiger partial charge in [0.1, 0.15) is 35.4 Å². The van der Waals surface area contributed by atoms with Crippen molar-refractivity contribution in [3.8, 4) is 11.1 Å². The van der Waals surface area contributed by atoms with Crippen molar-refractivity contribution in [1.29, 1.82) is 0 Å². The molecule has 368 valence electrons. The van der Waals surface area contributed by atoms with Crippen LogP contribution in [0.4, 0.5) is 9.59 Å². The zero-order chi connectivity index (χ0) is 49.6. The van der Waals surface area contributed by atoms with Crippen molar-refractivity contribution in [2.45, 2.75) is 169 Å². The van der Waals surface area contributed by atoms with Crippen LogP contribution in [-0.2, 0) is 39.8 Å². The van der Waals surface area contributed by atoms with Gasteiger partial charge in [0.25, 0.3) is 5.91 Å². The Morgan fingerprint density at radius 2 is 1.14 bits per heavy atom. The van der Waals surface area contributed by atoms with Crippen molar-refractivity contribution < 1.29 is 52.9 Å². The molecule has 0 aliphatic rings. The zero-order valence-corrected chi connectivity index (χ0v) is 40.9. The standard InChI is InChI=1S/C49H76N6O11/c1-12-13-17-34-20-22-35(23-21-34)36-24-26-37(27-25-36)42(57)53-38(19-16-29-51-47(63)66-49(9,10)11)43(58)55-40(33(5)64-30-31(2)3)44(59)52-32(4)41(56)54-39(45(60)61)18-14-15-28-50-46(62)65-48(6,7)8/h20-27,31-33,38-40H,12-19,28-30H2,1-11H3,(H,50,62)(H,51,63)(H,52,59)(H,53,57)(H,54,56)(H,55,58)(H,60,61)/t32-,33+,38-,39-,40-/m0/s1. The number of aryl methyl sites for hydroxylation is 1. The number of carbonyl (C=O) groups is 7. The van der Waals surface area contributed by atoms with E-state index in [1.165, 1.54) is 12.5 Å². The first-order chi connectivity index (χ1) is 30.9. The maximum absolute atomic E-state index is 14.2. The monoisotopic (exact) mass is 925 g/mol. The highest BCUT2D eigenvalue weighted by molar-refractivity contribution is 5.99. The molecule has 0 saturated carbocycles. The molecule has 17 nitrogen and oxygen atoms in total. The molecule has 2 aromatic carbocycles. The molecule has 0 aliphatic heterocycles. The highest BCUT2D eigenvalue weighted by atomic mass is 16.6. The molecular formula is C49H76N6O11. The van der Waals surface area contributed by atoms with E-state index in [4.69, 9.17) is 14.2 Å². The topological polar surface area (TPSA) is 240 Å². The second-order valence-electron chi connectivity index (χ2n) is 18.9. The molecule has 2 aromatic rings. The molecule has 0 unspecified atom stereocenters. The number of nitrogens with one attached hydrogen (secondary N) is 6. The van der Waals surface area contributed by atoms with Crippen molar-refractivity contribution in [3.05, 3.63) is 59.7 Å². The van der Waals surface area contributed by atoms with E-state index in [2.05, 4.69) is 51.0 Å². The number of hydrogen-bond donors (Lipinski definition) is 7. The highest BCUT2D eigenvalue weighted by Crippen LogP contribution is 2.21. The summed E-state index contributed by atoms with van der Waals surface area (Å²) in [5, 5.41) is 25.6. The van der Waals surface area contributed by atoms with Gasteiger partial charge in [-0.2, -0.15) is 0 Å². The second-order valence-corrected chi connectivity index (χ2v) is 18.9. The van der Waals surface area contributed by atoms with Crippen LogP contribution in [-0.4, -0.2) is 108 Å². The van der Waals surface area contributed by atoms with E-state index in [0.29, 0.717) is 18.4 Å². The van der Waals surface area contributed by atoms with Crippen molar-refractivity contribution >= 4 is 41.8 Å². The zero-order valence-electron chi connectivity index (χ0n) is 40.9. The van der Waals surface area contributed by atoms with Gasteiger partial charge in [-0.3, -0.25) is 19.2 Å². The van der Waals surface area contributed by atoms with Crippen LogP contribution < -0.4 is 31.9 Å². The maximum atomic E-state index is 14.2. The van der Waals surface area contributed by atoms with Crippen LogP contribution in [0.2, 0.25) is 0 Å². The Bertz CT molecular complexity index is 1870. The number of carbonyl (C=O) groups excluding carboxylic acids is 6. The van der Waals surface area contributed by atoms with Gasteiger partial charge in [-0.15, -0.1) is 0 Å². The Kier molecular flexibility index (Phi) is 23.7. The van der Waals surface area contributed by atoms with E-state index in [0.717, 1.165) is 30.4 Å². The predicted molar refractivity (Wildman–Crippen MR) is 253 cm³/mol. The Morgan fingerprint density at radius 3 is 1.65 bits per heavy atom. The average molecular weight is 925 g/mol. The quantitative estimate of drug-likeness (QED) is 0.0509. The van der Waals surface area contributed by atoms with Crippen LogP contribution in [0.3, 0.4) is 0 Å². The number of ether oxygens (including phenoxy) is 3. The number of unbranched alkanes of at least 4 members (excludes halogenated alkanes) is 2. The molecule has 0 spiro atoms. The molecule has 0 bridgehead atoms. The highest BCUT2D eigenvalue weighted by Gasteiger charge is 2.34. The summed E-state index contributed by atoms with van der Waals surface area (Å²) in [6.07, 6.45) is 2.18. The Hall–Kier alpha value is -5.71. The fourth-order valence-electron chi connectivity index (χ4n) is 6.37. The molecule has 0 aliphatic carbocycles. The second kappa shape index (κ2) is 27.7. The molecule has 0 aromatic heterocycles. The largest absolute Gasteiger partial charge is 0.480 e. The van der Waals surface area contributed by atoms with Crippen LogP contribution in [0.25, 0.3) is 11.1 Å². The van der Waals surface area contributed by atoms with E-state index >= 15 is 0 Å². The number of rotatable bonds is 26. The summed E-state index contributed by atoms with van der Waals surface area (Å²) in [4.78, 5) is 91.4. The summed E-state index contributed by atoms with van der Waals surface area (Å²) in [5.74, 6) is -4.03. The molecule has 0 fully saturated rings. The lowest BCUT2D eigenvalue weighted by Crippen LogP contribution is -2.60. The fraction of sp³-hybridized carbons (Fsp3) is 0.612. The smallest absolute Gasteiger partial charge is 0.407 e. The van der Waals surface area contributed by atoms with Crippen LogP contribution in [0, 0.1) is 5.92 Å². The first-order valence-electron chi connectivity index (χ1n) is 23.1. The lowest BCUT2D eigenvalue weighted by molar-refractivity contribution is -0.142. The first kappa shape index (κ1) is 56.4.